The maximum atomic E-state index is 12.0. The molecule has 6 nitrogen and oxygen atoms in total. The second-order valence-corrected chi connectivity index (χ2v) is 6.41. The van der Waals surface area contributed by atoms with E-state index in [0.29, 0.717) is 0 Å². The molecule has 0 aliphatic heterocycles. The summed E-state index contributed by atoms with van der Waals surface area (Å²) in [5.74, 6) is -1.37. The average molecular weight is 366 g/mol. The number of hydrogen-bond acceptors (Lipinski definition) is 3. The molecular formula is C15H16BrN3O3. The number of carboxylic acids is 1. The van der Waals surface area contributed by atoms with Gasteiger partial charge in [-0.25, -0.2) is 4.68 Å². The average Bonchev–Trinajstić information content (AvgIpc) is 2.94. The highest BCUT2D eigenvalue weighted by molar-refractivity contribution is 9.10. The summed E-state index contributed by atoms with van der Waals surface area (Å²) in [4.78, 5) is 23.1. The zero-order chi connectivity index (χ0) is 16.3. The van der Waals surface area contributed by atoms with Crippen molar-refractivity contribution in [3.8, 4) is 5.69 Å². The van der Waals surface area contributed by atoms with Gasteiger partial charge in [0.1, 0.15) is 0 Å². The lowest BCUT2D eigenvalue weighted by molar-refractivity contribution is -0.146. The van der Waals surface area contributed by atoms with E-state index in [9.17, 15) is 9.59 Å². The third kappa shape index (κ3) is 3.73. The molecule has 0 radical (unpaired) electrons. The Labute approximate surface area is 136 Å². The van der Waals surface area contributed by atoms with Crippen LogP contribution in [0.3, 0.4) is 0 Å². The largest absolute Gasteiger partial charge is 0.481 e. The molecule has 0 unspecified atom stereocenters. The summed E-state index contributed by atoms with van der Waals surface area (Å²) in [6, 6.07) is 9.10. The van der Waals surface area contributed by atoms with Gasteiger partial charge in [-0.15, -0.1) is 0 Å². The SMILES string of the molecule is CC(C)(CNC(=O)c1ccn(-c2cccc(Br)c2)n1)C(=O)O. The normalized spacial score (nSPS) is 11.2. The predicted molar refractivity (Wildman–Crippen MR) is 85.0 cm³/mol. The Morgan fingerprint density at radius 3 is 2.73 bits per heavy atom. The molecule has 0 bridgehead atoms. The van der Waals surface area contributed by atoms with Crippen molar-refractivity contribution in [1.82, 2.24) is 15.1 Å². The molecule has 1 heterocycles. The summed E-state index contributed by atoms with van der Waals surface area (Å²) in [7, 11) is 0. The minimum atomic E-state index is -1.03. The lowest BCUT2D eigenvalue weighted by Crippen LogP contribution is -2.39. The first-order valence-corrected chi connectivity index (χ1v) is 7.42. The molecule has 1 amide bonds. The highest BCUT2D eigenvalue weighted by Crippen LogP contribution is 2.16. The van der Waals surface area contributed by atoms with Crippen molar-refractivity contribution in [2.75, 3.05) is 6.54 Å². The standard InChI is InChI=1S/C15H16BrN3O3/c1-15(2,14(21)22)9-17-13(20)12-6-7-19(18-12)11-5-3-4-10(16)8-11/h3-8H,9H2,1-2H3,(H,17,20)(H,21,22). The molecule has 0 spiro atoms. The lowest BCUT2D eigenvalue weighted by Gasteiger charge is -2.18. The van der Waals surface area contributed by atoms with Crippen LogP contribution in [0.4, 0.5) is 0 Å². The lowest BCUT2D eigenvalue weighted by atomic mass is 9.94. The van der Waals surface area contributed by atoms with Crippen LogP contribution in [0, 0.1) is 5.41 Å². The molecule has 1 aromatic carbocycles. The Morgan fingerprint density at radius 2 is 2.09 bits per heavy atom. The van der Waals surface area contributed by atoms with Crippen molar-refractivity contribution in [2.24, 2.45) is 5.41 Å². The molecule has 2 rings (SSSR count). The van der Waals surface area contributed by atoms with E-state index < -0.39 is 17.3 Å². The van der Waals surface area contributed by atoms with Gasteiger partial charge in [0.15, 0.2) is 5.69 Å². The Bertz CT molecular complexity index is 710. The topological polar surface area (TPSA) is 84.2 Å². The smallest absolute Gasteiger partial charge is 0.310 e. The molecule has 116 valence electrons. The van der Waals surface area contributed by atoms with Crippen LogP contribution in [-0.4, -0.2) is 33.3 Å². The Hall–Kier alpha value is -2.15. The van der Waals surface area contributed by atoms with Gasteiger partial charge in [-0.05, 0) is 38.1 Å². The molecule has 0 atom stereocenters. The number of amides is 1. The van der Waals surface area contributed by atoms with Gasteiger partial charge in [0.25, 0.3) is 5.91 Å². The van der Waals surface area contributed by atoms with Crippen LogP contribution in [0.25, 0.3) is 5.69 Å². The fourth-order valence-electron chi connectivity index (χ4n) is 1.67. The fraction of sp³-hybridized carbons (Fsp3) is 0.267. The number of nitrogens with one attached hydrogen (secondary N) is 1. The van der Waals surface area contributed by atoms with Crippen molar-refractivity contribution in [2.45, 2.75) is 13.8 Å². The predicted octanol–water partition coefficient (Wildman–Crippen LogP) is 2.48. The van der Waals surface area contributed by atoms with Gasteiger partial charge in [-0.2, -0.15) is 5.10 Å². The summed E-state index contributed by atoms with van der Waals surface area (Å²) in [5.41, 5.74) is 0.0307. The minimum Gasteiger partial charge on any atom is -0.481 e. The Balaban J connectivity index is 2.08. The van der Waals surface area contributed by atoms with Gasteiger partial charge >= 0.3 is 5.97 Å². The van der Waals surface area contributed by atoms with Crippen molar-refractivity contribution in [1.29, 1.82) is 0 Å². The van der Waals surface area contributed by atoms with Gasteiger partial charge in [-0.3, -0.25) is 9.59 Å². The van der Waals surface area contributed by atoms with Crippen molar-refractivity contribution < 1.29 is 14.7 Å². The van der Waals surface area contributed by atoms with Crippen molar-refractivity contribution >= 4 is 27.8 Å². The van der Waals surface area contributed by atoms with Gasteiger partial charge in [0.05, 0.1) is 11.1 Å². The Morgan fingerprint density at radius 1 is 1.36 bits per heavy atom. The van der Waals surface area contributed by atoms with E-state index in [2.05, 4.69) is 26.3 Å². The second kappa shape index (κ2) is 6.31. The van der Waals surface area contributed by atoms with Crippen LogP contribution in [0.1, 0.15) is 24.3 Å². The van der Waals surface area contributed by atoms with E-state index in [1.807, 2.05) is 24.3 Å². The molecular weight excluding hydrogens is 350 g/mol. The molecule has 0 fully saturated rings. The number of carbonyl (C=O) groups is 2. The van der Waals surface area contributed by atoms with E-state index in [1.54, 1.807) is 30.8 Å². The first-order valence-electron chi connectivity index (χ1n) is 6.63. The number of aliphatic carboxylic acids is 1. The number of carbonyl (C=O) groups excluding carboxylic acids is 1. The molecule has 1 aromatic heterocycles. The van der Waals surface area contributed by atoms with Crippen LogP contribution in [-0.2, 0) is 4.79 Å². The van der Waals surface area contributed by atoms with E-state index in [-0.39, 0.29) is 12.2 Å². The monoisotopic (exact) mass is 365 g/mol. The molecule has 0 saturated carbocycles. The van der Waals surface area contributed by atoms with Crippen molar-refractivity contribution in [3.05, 3.63) is 46.7 Å². The summed E-state index contributed by atoms with van der Waals surface area (Å²) < 4.78 is 2.50. The van der Waals surface area contributed by atoms with Crippen LogP contribution >= 0.6 is 15.9 Å². The molecule has 0 aliphatic rings. The van der Waals surface area contributed by atoms with E-state index in [1.165, 1.54) is 0 Å². The number of aromatic nitrogens is 2. The third-order valence-corrected chi connectivity index (χ3v) is 3.66. The first kappa shape index (κ1) is 16.2. The molecule has 2 aromatic rings. The van der Waals surface area contributed by atoms with Crippen molar-refractivity contribution in [3.63, 3.8) is 0 Å². The first-order chi connectivity index (χ1) is 10.3. The van der Waals surface area contributed by atoms with Crippen LogP contribution in [0.15, 0.2) is 41.0 Å². The van der Waals surface area contributed by atoms with Gasteiger partial charge in [-0.1, -0.05) is 22.0 Å². The maximum Gasteiger partial charge on any atom is 0.310 e. The van der Waals surface area contributed by atoms with Crippen LogP contribution in [0.5, 0.6) is 0 Å². The number of benzene rings is 1. The second-order valence-electron chi connectivity index (χ2n) is 5.50. The van der Waals surface area contributed by atoms with Gasteiger partial charge < -0.3 is 10.4 Å². The zero-order valence-electron chi connectivity index (χ0n) is 12.2. The number of rotatable bonds is 5. The molecule has 7 heteroatoms. The molecule has 0 saturated heterocycles. The fourth-order valence-corrected chi connectivity index (χ4v) is 2.06. The zero-order valence-corrected chi connectivity index (χ0v) is 13.8. The van der Waals surface area contributed by atoms with Crippen LogP contribution in [0.2, 0.25) is 0 Å². The van der Waals surface area contributed by atoms with Gasteiger partial charge in [0, 0.05) is 17.2 Å². The van der Waals surface area contributed by atoms with E-state index in [0.717, 1.165) is 10.2 Å². The molecule has 0 aliphatic carbocycles. The third-order valence-electron chi connectivity index (χ3n) is 3.16. The number of carboxylic acid groups (broad SMARTS) is 1. The van der Waals surface area contributed by atoms with Crippen LogP contribution < -0.4 is 5.32 Å². The summed E-state index contributed by atoms with van der Waals surface area (Å²) >= 11 is 3.38. The molecule has 22 heavy (non-hydrogen) atoms. The highest BCUT2D eigenvalue weighted by atomic mass is 79.9. The number of nitrogens with zero attached hydrogens (tertiary/aromatic N) is 2. The Kier molecular flexibility index (Phi) is 4.65. The highest BCUT2D eigenvalue weighted by Gasteiger charge is 2.28. The number of hydrogen-bond donors (Lipinski definition) is 2. The van der Waals surface area contributed by atoms with E-state index >= 15 is 0 Å². The number of halogens is 1. The summed E-state index contributed by atoms with van der Waals surface area (Å²) in [6.45, 7) is 3.14. The summed E-state index contributed by atoms with van der Waals surface area (Å²) in [6.07, 6.45) is 1.68. The minimum absolute atomic E-state index is 0.0327. The molecule has 2 N–H and O–H groups in total. The van der Waals surface area contributed by atoms with E-state index in [4.69, 9.17) is 5.11 Å². The maximum absolute atomic E-state index is 12.0. The summed E-state index contributed by atoms with van der Waals surface area (Å²) in [5, 5.41) is 15.8. The van der Waals surface area contributed by atoms with Gasteiger partial charge in [0.2, 0.25) is 0 Å². The quantitative estimate of drug-likeness (QED) is 0.852.